The zero-order chi connectivity index (χ0) is 24.4. The minimum atomic E-state index is -1.04. The summed E-state index contributed by atoms with van der Waals surface area (Å²) < 4.78 is 14.4. The molecule has 180 valence electrons. The molecule has 1 amide bonds. The average Bonchev–Trinajstić information content (AvgIpc) is 3.21. The number of carbonyl (C=O) groups is 3. The standard InChI is InChI=1S/C20H27N5O7S/c1-30-14(26)8-7-13(18(28)31-2)23-20(29)32-15-9-11(10-33-15)5-3-4-6-12-16(21)24-19(22)25-17(12)27/h9-10,13H,3-8H2,1-2H3,(H,23,29)(H5,21,22,24,25,27)/t13-/m0/s1. The molecular weight excluding hydrogens is 454 g/mol. The summed E-state index contributed by atoms with van der Waals surface area (Å²) in [6, 6.07) is 0.678. The van der Waals surface area contributed by atoms with Crippen molar-refractivity contribution in [3.8, 4) is 5.06 Å². The van der Waals surface area contributed by atoms with E-state index in [2.05, 4.69) is 24.8 Å². The van der Waals surface area contributed by atoms with Crippen LogP contribution in [0.4, 0.5) is 16.6 Å². The Bertz CT molecular complexity index is 1040. The van der Waals surface area contributed by atoms with Crippen molar-refractivity contribution < 1.29 is 28.6 Å². The van der Waals surface area contributed by atoms with Crippen molar-refractivity contribution >= 4 is 41.1 Å². The lowest BCUT2D eigenvalue weighted by Crippen LogP contribution is -2.43. The summed E-state index contributed by atoms with van der Waals surface area (Å²) in [5, 5.41) is 4.59. The van der Waals surface area contributed by atoms with Crippen LogP contribution < -0.4 is 27.1 Å². The molecule has 0 aromatic carbocycles. The third-order valence-corrected chi connectivity index (χ3v) is 5.53. The van der Waals surface area contributed by atoms with Crippen molar-refractivity contribution in [2.45, 2.75) is 44.6 Å². The van der Waals surface area contributed by atoms with E-state index in [1.54, 1.807) is 6.07 Å². The Morgan fingerprint density at radius 1 is 1.18 bits per heavy atom. The maximum absolute atomic E-state index is 12.2. The first-order valence-electron chi connectivity index (χ1n) is 10.1. The van der Waals surface area contributed by atoms with Crippen molar-refractivity contribution in [3.63, 3.8) is 0 Å². The number of esters is 2. The third-order valence-electron chi connectivity index (χ3n) is 4.67. The van der Waals surface area contributed by atoms with E-state index in [1.807, 2.05) is 5.38 Å². The SMILES string of the molecule is COC(=O)CC[C@H](NC(=O)Oc1cc(CCCCc2c(N)nc(N)[nH]c2=O)cs1)C(=O)OC. The Hall–Kier alpha value is -3.61. The van der Waals surface area contributed by atoms with E-state index in [9.17, 15) is 19.2 Å². The van der Waals surface area contributed by atoms with Gasteiger partial charge in [-0.2, -0.15) is 4.98 Å². The number of nitrogens with one attached hydrogen (secondary N) is 2. The molecule has 0 aliphatic rings. The van der Waals surface area contributed by atoms with E-state index in [0.717, 1.165) is 12.0 Å². The fourth-order valence-electron chi connectivity index (χ4n) is 2.96. The number of ether oxygens (including phenoxy) is 3. The normalized spacial score (nSPS) is 11.5. The van der Waals surface area contributed by atoms with Crippen LogP contribution >= 0.6 is 11.3 Å². The Kier molecular flexibility index (Phi) is 9.66. The average molecular weight is 482 g/mol. The van der Waals surface area contributed by atoms with Crippen LogP contribution in [0, 0.1) is 0 Å². The van der Waals surface area contributed by atoms with E-state index in [-0.39, 0.29) is 30.2 Å². The van der Waals surface area contributed by atoms with Crippen LogP contribution in [-0.2, 0) is 31.9 Å². The molecule has 12 nitrogen and oxygen atoms in total. The fraction of sp³-hybridized carbons (Fsp3) is 0.450. The lowest BCUT2D eigenvalue weighted by molar-refractivity contribution is -0.144. The maximum atomic E-state index is 12.2. The number of rotatable bonds is 11. The first-order valence-corrected chi connectivity index (χ1v) is 11.0. The molecule has 2 heterocycles. The first-order chi connectivity index (χ1) is 15.7. The molecule has 13 heteroatoms. The molecule has 0 aliphatic heterocycles. The number of aromatic amines is 1. The number of carbonyl (C=O) groups excluding carboxylic acids is 3. The quantitative estimate of drug-likeness (QED) is 0.267. The molecule has 2 aromatic heterocycles. The zero-order valence-electron chi connectivity index (χ0n) is 18.3. The number of unbranched alkanes of at least 4 members (excludes halogenated alkanes) is 1. The van der Waals surface area contributed by atoms with Crippen molar-refractivity contribution in [1.29, 1.82) is 0 Å². The van der Waals surface area contributed by atoms with Crippen LogP contribution in [0.3, 0.4) is 0 Å². The second-order valence-corrected chi connectivity index (χ2v) is 7.89. The summed E-state index contributed by atoms with van der Waals surface area (Å²) in [4.78, 5) is 53.5. The van der Waals surface area contributed by atoms with Gasteiger partial charge in [0.25, 0.3) is 5.56 Å². The first kappa shape index (κ1) is 25.6. The van der Waals surface area contributed by atoms with Crippen LogP contribution in [0.1, 0.15) is 36.8 Å². The van der Waals surface area contributed by atoms with Gasteiger partial charge >= 0.3 is 18.0 Å². The summed E-state index contributed by atoms with van der Waals surface area (Å²) in [5.74, 6) is -1.09. The highest BCUT2D eigenvalue weighted by molar-refractivity contribution is 7.12. The minimum Gasteiger partial charge on any atom is -0.469 e. The van der Waals surface area contributed by atoms with Crippen LogP contribution in [0.25, 0.3) is 0 Å². The van der Waals surface area contributed by atoms with Crippen LogP contribution in [0.2, 0.25) is 0 Å². The Morgan fingerprint density at radius 2 is 1.91 bits per heavy atom. The van der Waals surface area contributed by atoms with Gasteiger partial charge < -0.3 is 31.0 Å². The molecule has 0 fully saturated rings. The molecule has 0 spiro atoms. The molecular formula is C20H27N5O7S. The van der Waals surface area contributed by atoms with E-state index >= 15 is 0 Å². The van der Waals surface area contributed by atoms with E-state index in [1.165, 1.54) is 25.6 Å². The highest BCUT2D eigenvalue weighted by atomic mass is 32.1. The lowest BCUT2D eigenvalue weighted by Gasteiger charge is -2.15. The second kappa shape index (κ2) is 12.4. The molecule has 0 saturated heterocycles. The number of nitrogens with zero attached hydrogens (tertiary/aromatic N) is 1. The number of hydrogen-bond acceptors (Lipinski definition) is 11. The molecule has 0 aliphatic carbocycles. The number of nitrogens with two attached hydrogens (primary N) is 2. The molecule has 1 atom stereocenters. The highest BCUT2D eigenvalue weighted by Crippen LogP contribution is 2.24. The van der Waals surface area contributed by atoms with E-state index in [0.29, 0.717) is 29.9 Å². The molecule has 33 heavy (non-hydrogen) atoms. The smallest absolute Gasteiger partial charge is 0.414 e. The predicted octanol–water partition coefficient (Wildman–Crippen LogP) is 1.14. The van der Waals surface area contributed by atoms with Gasteiger partial charge in [-0.1, -0.05) is 0 Å². The number of nitrogen functional groups attached to an aromatic ring is 2. The molecule has 2 aromatic rings. The van der Waals surface area contributed by atoms with E-state index < -0.39 is 24.1 Å². The number of aryl methyl sites for hydroxylation is 1. The van der Waals surface area contributed by atoms with Gasteiger partial charge in [0, 0.05) is 6.42 Å². The van der Waals surface area contributed by atoms with Crippen LogP contribution in [-0.4, -0.2) is 48.3 Å². The van der Waals surface area contributed by atoms with E-state index in [4.69, 9.17) is 16.2 Å². The summed E-state index contributed by atoms with van der Waals surface area (Å²) in [6.45, 7) is 0. The van der Waals surface area contributed by atoms with Crippen molar-refractivity contribution in [2.24, 2.45) is 0 Å². The number of amides is 1. The molecule has 2 rings (SSSR count). The van der Waals surface area contributed by atoms with Crippen LogP contribution in [0.15, 0.2) is 16.2 Å². The van der Waals surface area contributed by atoms with Crippen molar-refractivity contribution in [3.05, 3.63) is 32.9 Å². The molecule has 0 radical (unpaired) electrons. The van der Waals surface area contributed by atoms with Crippen molar-refractivity contribution in [2.75, 3.05) is 25.7 Å². The Labute approximate surface area is 193 Å². The number of thiophene rings is 1. The van der Waals surface area contributed by atoms with Gasteiger partial charge in [0.15, 0.2) is 5.06 Å². The molecule has 0 saturated carbocycles. The second-order valence-electron chi connectivity index (χ2n) is 7.02. The summed E-state index contributed by atoms with van der Waals surface area (Å²) in [5.41, 5.74) is 12.2. The van der Waals surface area contributed by atoms with Gasteiger partial charge in [-0.15, -0.1) is 11.3 Å². The third kappa shape index (κ3) is 8.11. The number of hydrogen-bond donors (Lipinski definition) is 4. The lowest BCUT2D eigenvalue weighted by atomic mass is 10.1. The van der Waals surface area contributed by atoms with Gasteiger partial charge in [0.1, 0.15) is 11.9 Å². The van der Waals surface area contributed by atoms with Gasteiger partial charge in [-0.25, -0.2) is 9.59 Å². The van der Waals surface area contributed by atoms with Gasteiger partial charge in [-0.05, 0) is 49.1 Å². The number of methoxy groups -OCH3 is 2. The fourth-order valence-corrected chi connectivity index (χ4v) is 3.76. The Morgan fingerprint density at radius 3 is 2.58 bits per heavy atom. The summed E-state index contributed by atoms with van der Waals surface area (Å²) in [6.07, 6.45) is 1.74. The largest absolute Gasteiger partial charge is 0.469 e. The predicted molar refractivity (Wildman–Crippen MR) is 121 cm³/mol. The highest BCUT2D eigenvalue weighted by Gasteiger charge is 2.24. The van der Waals surface area contributed by atoms with Gasteiger partial charge in [0.05, 0.1) is 19.8 Å². The number of aromatic nitrogens is 2. The monoisotopic (exact) mass is 481 g/mol. The Balaban J connectivity index is 1.82. The zero-order valence-corrected chi connectivity index (χ0v) is 19.2. The van der Waals surface area contributed by atoms with Gasteiger partial charge in [-0.3, -0.25) is 14.6 Å². The maximum Gasteiger partial charge on any atom is 0.414 e. The van der Waals surface area contributed by atoms with Crippen LogP contribution in [0.5, 0.6) is 5.06 Å². The van der Waals surface area contributed by atoms with Crippen molar-refractivity contribution in [1.82, 2.24) is 15.3 Å². The number of anilines is 2. The minimum absolute atomic E-state index is 0.0149. The topological polar surface area (TPSA) is 189 Å². The molecule has 0 bridgehead atoms. The molecule has 0 unspecified atom stereocenters. The number of H-pyrrole nitrogens is 1. The molecule has 6 N–H and O–H groups in total. The summed E-state index contributed by atoms with van der Waals surface area (Å²) in [7, 11) is 2.41. The van der Waals surface area contributed by atoms with Gasteiger partial charge in [0.2, 0.25) is 5.95 Å². The summed E-state index contributed by atoms with van der Waals surface area (Å²) >= 11 is 1.23.